The summed E-state index contributed by atoms with van der Waals surface area (Å²) in [6, 6.07) is 0. The Morgan fingerprint density at radius 2 is 2.00 bits per heavy atom. The summed E-state index contributed by atoms with van der Waals surface area (Å²) in [6.45, 7) is 2.49. The Morgan fingerprint density at radius 1 is 1.36 bits per heavy atom. The van der Waals surface area contributed by atoms with Gasteiger partial charge in [0.1, 0.15) is 0 Å². The monoisotopic (exact) mass is 205 g/mol. The van der Waals surface area contributed by atoms with Gasteiger partial charge in [-0.15, -0.1) is 0 Å². The number of ether oxygens (including phenoxy) is 3. The molecule has 0 aliphatic heterocycles. The summed E-state index contributed by atoms with van der Waals surface area (Å²) in [6.07, 6.45) is -0.512. The Hall–Kier alpha value is -0.490. The number of methoxy groups -OCH3 is 2. The minimum absolute atomic E-state index is 0.0994. The lowest BCUT2D eigenvalue weighted by Crippen LogP contribution is -2.39. The van der Waals surface area contributed by atoms with E-state index in [1.54, 1.807) is 7.11 Å². The number of hydrogen-bond acceptors (Lipinski definition) is 5. The molecule has 0 amide bonds. The molecule has 0 saturated carbocycles. The summed E-state index contributed by atoms with van der Waals surface area (Å²) in [5.74, 6) is 0. The largest absolute Gasteiger partial charge is 0.377 e. The van der Waals surface area contributed by atoms with Gasteiger partial charge in [0, 0.05) is 20.8 Å². The minimum atomic E-state index is -0.820. The molecule has 0 aromatic rings. The van der Waals surface area contributed by atoms with E-state index in [2.05, 4.69) is 5.32 Å². The van der Waals surface area contributed by atoms with Crippen LogP contribution in [0, 0.1) is 0 Å². The second-order valence-electron chi connectivity index (χ2n) is 2.91. The molecule has 0 aliphatic rings. The van der Waals surface area contributed by atoms with Crippen LogP contribution in [0.1, 0.15) is 6.92 Å². The number of aldehydes is 1. The van der Waals surface area contributed by atoms with Gasteiger partial charge in [-0.05, 0) is 14.0 Å². The van der Waals surface area contributed by atoms with Crippen LogP contribution in [-0.4, -0.2) is 52.6 Å². The highest BCUT2D eigenvalue weighted by molar-refractivity contribution is 5.53. The predicted octanol–water partition coefficient (Wildman–Crippen LogP) is -0.203. The Kier molecular flexibility index (Phi) is 7.60. The maximum absolute atomic E-state index is 10.4. The third-order valence-corrected chi connectivity index (χ3v) is 1.92. The molecular weight excluding hydrogens is 186 g/mol. The molecule has 0 rings (SSSR count). The number of likely N-dealkylation sites (N-methyl/N-ethyl adjacent to an activating group) is 1. The van der Waals surface area contributed by atoms with E-state index in [0.29, 0.717) is 12.8 Å². The standard InChI is InChI=1S/C9H19NO4/c1-7(8(12-3)5-10-2)14-9(6-11)13-4/h6-10H,5H2,1-4H3/t7?,8-,9+/m1/s1. The first-order valence-electron chi connectivity index (χ1n) is 4.50. The van der Waals surface area contributed by atoms with Gasteiger partial charge >= 0.3 is 0 Å². The molecule has 0 heterocycles. The molecule has 5 heteroatoms. The van der Waals surface area contributed by atoms with Crippen molar-refractivity contribution in [3.63, 3.8) is 0 Å². The zero-order chi connectivity index (χ0) is 11.0. The topological polar surface area (TPSA) is 56.8 Å². The van der Waals surface area contributed by atoms with Gasteiger partial charge in [-0.25, -0.2) is 0 Å². The fraction of sp³-hybridized carbons (Fsp3) is 0.889. The van der Waals surface area contributed by atoms with Crippen molar-refractivity contribution in [2.75, 3.05) is 27.8 Å². The molecule has 0 fully saturated rings. The van der Waals surface area contributed by atoms with E-state index >= 15 is 0 Å². The molecule has 0 radical (unpaired) electrons. The molecule has 14 heavy (non-hydrogen) atoms. The lowest BCUT2D eigenvalue weighted by atomic mass is 10.2. The van der Waals surface area contributed by atoms with Crippen LogP contribution in [0.15, 0.2) is 0 Å². The van der Waals surface area contributed by atoms with Gasteiger partial charge in [-0.3, -0.25) is 4.79 Å². The normalized spacial score (nSPS) is 17.4. The molecule has 0 bridgehead atoms. The van der Waals surface area contributed by atoms with Crippen molar-refractivity contribution in [3.8, 4) is 0 Å². The molecular formula is C9H19NO4. The van der Waals surface area contributed by atoms with Crippen molar-refractivity contribution in [1.82, 2.24) is 5.32 Å². The van der Waals surface area contributed by atoms with E-state index in [4.69, 9.17) is 14.2 Å². The van der Waals surface area contributed by atoms with Gasteiger partial charge in [-0.2, -0.15) is 0 Å². The summed E-state index contributed by atoms with van der Waals surface area (Å²) >= 11 is 0. The molecule has 0 aliphatic carbocycles. The van der Waals surface area contributed by atoms with Crippen molar-refractivity contribution >= 4 is 6.29 Å². The highest BCUT2D eigenvalue weighted by Crippen LogP contribution is 2.05. The third-order valence-electron chi connectivity index (χ3n) is 1.92. The zero-order valence-corrected chi connectivity index (χ0v) is 9.15. The van der Waals surface area contributed by atoms with Gasteiger partial charge in [0.25, 0.3) is 0 Å². The van der Waals surface area contributed by atoms with E-state index in [0.717, 1.165) is 0 Å². The van der Waals surface area contributed by atoms with Crippen molar-refractivity contribution in [2.24, 2.45) is 0 Å². The number of rotatable bonds is 8. The Bertz CT molecular complexity index is 154. The number of carbonyl (C=O) groups excluding carboxylic acids is 1. The molecule has 1 unspecified atom stereocenters. The number of nitrogens with one attached hydrogen (secondary N) is 1. The van der Waals surface area contributed by atoms with Crippen molar-refractivity contribution in [3.05, 3.63) is 0 Å². The average Bonchev–Trinajstić information content (AvgIpc) is 2.22. The van der Waals surface area contributed by atoms with Crippen molar-refractivity contribution in [2.45, 2.75) is 25.4 Å². The molecule has 3 atom stereocenters. The fourth-order valence-corrected chi connectivity index (χ4v) is 1.08. The smallest absolute Gasteiger partial charge is 0.214 e. The van der Waals surface area contributed by atoms with Crippen LogP contribution in [0.2, 0.25) is 0 Å². The number of carbonyl (C=O) groups is 1. The summed E-state index contributed by atoms with van der Waals surface area (Å²) in [5.41, 5.74) is 0. The third kappa shape index (κ3) is 4.66. The molecule has 1 N–H and O–H groups in total. The van der Waals surface area contributed by atoms with Gasteiger partial charge in [-0.1, -0.05) is 0 Å². The lowest BCUT2D eigenvalue weighted by Gasteiger charge is -2.24. The van der Waals surface area contributed by atoms with Crippen LogP contribution in [0.4, 0.5) is 0 Å². The summed E-state index contributed by atoms with van der Waals surface area (Å²) in [4.78, 5) is 10.4. The molecule has 0 spiro atoms. The van der Waals surface area contributed by atoms with E-state index in [1.807, 2.05) is 14.0 Å². The SMILES string of the molecule is CNC[C@@H](OC)C(C)O[C@@H](C=O)OC. The van der Waals surface area contributed by atoms with E-state index in [-0.39, 0.29) is 12.2 Å². The lowest BCUT2D eigenvalue weighted by molar-refractivity contribution is -0.177. The predicted molar refractivity (Wildman–Crippen MR) is 52.1 cm³/mol. The van der Waals surface area contributed by atoms with Crippen LogP contribution in [0.3, 0.4) is 0 Å². The Balaban J connectivity index is 4.00. The quantitative estimate of drug-likeness (QED) is 0.439. The second kappa shape index (κ2) is 7.87. The minimum Gasteiger partial charge on any atom is -0.377 e. The Labute approximate surface area is 84.7 Å². The maximum atomic E-state index is 10.4. The van der Waals surface area contributed by atoms with Crippen molar-refractivity contribution < 1.29 is 19.0 Å². The summed E-state index contributed by atoms with van der Waals surface area (Å²) < 4.78 is 15.3. The second-order valence-corrected chi connectivity index (χ2v) is 2.91. The summed E-state index contributed by atoms with van der Waals surface area (Å²) in [5, 5.41) is 2.97. The maximum Gasteiger partial charge on any atom is 0.214 e. The van der Waals surface area contributed by atoms with Crippen LogP contribution < -0.4 is 5.32 Å². The van der Waals surface area contributed by atoms with Gasteiger partial charge in [0.05, 0.1) is 12.2 Å². The van der Waals surface area contributed by atoms with E-state index < -0.39 is 6.29 Å². The Morgan fingerprint density at radius 3 is 2.36 bits per heavy atom. The van der Waals surface area contributed by atoms with E-state index in [9.17, 15) is 4.79 Å². The molecule has 0 aromatic heterocycles. The zero-order valence-electron chi connectivity index (χ0n) is 9.15. The van der Waals surface area contributed by atoms with E-state index in [1.165, 1.54) is 7.11 Å². The van der Waals surface area contributed by atoms with Crippen LogP contribution in [-0.2, 0) is 19.0 Å². The highest BCUT2D eigenvalue weighted by atomic mass is 16.7. The highest BCUT2D eigenvalue weighted by Gasteiger charge is 2.20. The fourth-order valence-electron chi connectivity index (χ4n) is 1.08. The van der Waals surface area contributed by atoms with Crippen LogP contribution in [0.25, 0.3) is 0 Å². The molecule has 5 nitrogen and oxygen atoms in total. The first-order chi connectivity index (χ1) is 6.69. The van der Waals surface area contributed by atoms with Gasteiger partial charge in [0.2, 0.25) is 6.29 Å². The molecule has 0 saturated heterocycles. The van der Waals surface area contributed by atoms with Gasteiger partial charge in [0.15, 0.2) is 6.29 Å². The van der Waals surface area contributed by atoms with Crippen molar-refractivity contribution in [1.29, 1.82) is 0 Å². The average molecular weight is 205 g/mol. The molecule has 84 valence electrons. The first kappa shape index (κ1) is 13.5. The van der Waals surface area contributed by atoms with Crippen LogP contribution >= 0.6 is 0 Å². The first-order valence-corrected chi connectivity index (χ1v) is 4.50. The van der Waals surface area contributed by atoms with Gasteiger partial charge < -0.3 is 19.5 Å². The van der Waals surface area contributed by atoms with Crippen LogP contribution in [0.5, 0.6) is 0 Å². The molecule has 0 aromatic carbocycles. The number of hydrogen-bond donors (Lipinski definition) is 1. The summed E-state index contributed by atoms with van der Waals surface area (Å²) in [7, 11) is 4.85.